The minimum atomic E-state index is -0.706. The highest BCUT2D eigenvalue weighted by atomic mass is 16.5. The molecule has 7 heteroatoms. The van der Waals surface area contributed by atoms with Gasteiger partial charge in [0.05, 0.1) is 23.8 Å². The summed E-state index contributed by atoms with van der Waals surface area (Å²) in [6.07, 6.45) is 1.60. The molecule has 160 valence electrons. The second kappa shape index (κ2) is 8.65. The van der Waals surface area contributed by atoms with Crippen LogP contribution in [-0.2, 0) is 16.1 Å². The highest BCUT2D eigenvalue weighted by Crippen LogP contribution is 2.36. The number of phenolic OH excluding ortho intramolecular Hbond substituents is 1. The Morgan fingerprint density at radius 2 is 1.87 bits per heavy atom. The highest BCUT2D eigenvalue weighted by molar-refractivity contribution is 6.06. The molecule has 0 spiro atoms. The summed E-state index contributed by atoms with van der Waals surface area (Å²) in [5, 5.41) is 19.9. The number of phenols is 1. The minimum absolute atomic E-state index is 0.0124. The molecule has 1 saturated heterocycles. The smallest absolute Gasteiger partial charge is 0.308 e. The van der Waals surface area contributed by atoms with Gasteiger partial charge in [-0.1, -0.05) is 42.5 Å². The van der Waals surface area contributed by atoms with E-state index in [-0.39, 0.29) is 12.2 Å². The van der Waals surface area contributed by atoms with Gasteiger partial charge in [0.15, 0.2) is 0 Å². The zero-order valence-corrected chi connectivity index (χ0v) is 16.9. The van der Waals surface area contributed by atoms with E-state index >= 15 is 0 Å². The number of rotatable bonds is 6. The number of ether oxygens (including phenoxy) is 1. The Morgan fingerprint density at radius 1 is 1.13 bits per heavy atom. The first-order valence-corrected chi connectivity index (χ1v) is 10.2. The third-order valence-electron chi connectivity index (χ3n) is 5.46. The Labute approximate surface area is 179 Å². The van der Waals surface area contributed by atoms with Crippen molar-refractivity contribution < 1.29 is 24.5 Å². The lowest BCUT2D eigenvalue weighted by Gasteiger charge is -2.26. The van der Waals surface area contributed by atoms with E-state index in [9.17, 15) is 19.8 Å². The fraction of sp³-hybridized carbons (Fsp3) is 0.250. The number of nitrogens with zero attached hydrogens (tertiary/aromatic N) is 1. The predicted molar refractivity (Wildman–Crippen MR) is 115 cm³/mol. The van der Waals surface area contributed by atoms with Crippen LogP contribution in [0.5, 0.6) is 5.75 Å². The van der Waals surface area contributed by atoms with E-state index in [1.54, 1.807) is 24.3 Å². The Bertz CT molecular complexity index is 1110. The van der Waals surface area contributed by atoms with Crippen LogP contribution in [-0.4, -0.2) is 38.9 Å². The normalized spacial score (nSPS) is 18.5. The summed E-state index contributed by atoms with van der Waals surface area (Å²) in [4.78, 5) is 24.2. The third kappa shape index (κ3) is 4.46. The molecule has 1 amide bonds. The molecule has 0 saturated carbocycles. The molecule has 7 nitrogen and oxygen atoms in total. The van der Waals surface area contributed by atoms with Crippen LogP contribution in [0.4, 0.5) is 0 Å². The van der Waals surface area contributed by atoms with Gasteiger partial charge in [-0.15, -0.1) is 0 Å². The van der Waals surface area contributed by atoms with Crippen LogP contribution < -0.4 is 5.73 Å². The van der Waals surface area contributed by atoms with Crippen molar-refractivity contribution in [3.63, 3.8) is 0 Å². The molecule has 4 N–H and O–H groups in total. The fourth-order valence-corrected chi connectivity index (χ4v) is 4.10. The molecule has 0 bridgehead atoms. The number of aromatic nitrogens is 1. The van der Waals surface area contributed by atoms with Crippen LogP contribution in [0.25, 0.3) is 22.4 Å². The van der Waals surface area contributed by atoms with E-state index in [2.05, 4.69) is 0 Å². The number of aliphatic hydroxyl groups excluding tert-OH is 1. The summed E-state index contributed by atoms with van der Waals surface area (Å²) in [7, 11) is 0. The molecular weight excluding hydrogens is 396 g/mol. The van der Waals surface area contributed by atoms with Crippen molar-refractivity contribution >= 4 is 11.9 Å². The number of hydrogen-bond acceptors (Lipinski definition) is 5. The molecule has 2 heterocycles. The number of esters is 1. The van der Waals surface area contributed by atoms with Crippen molar-refractivity contribution in [2.24, 2.45) is 5.73 Å². The van der Waals surface area contributed by atoms with E-state index in [4.69, 9.17) is 10.5 Å². The molecule has 2 aromatic carbocycles. The highest BCUT2D eigenvalue weighted by Gasteiger charge is 2.28. The summed E-state index contributed by atoms with van der Waals surface area (Å²) in [6, 6.07) is 16.1. The fourth-order valence-electron chi connectivity index (χ4n) is 4.10. The number of aromatic hydroxyl groups is 1. The van der Waals surface area contributed by atoms with Crippen molar-refractivity contribution in [2.45, 2.75) is 38.0 Å². The zero-order chi connectivity index (χ0) is 22.0. The van der Waals surface area contributed by atoms with Gasteiger partial charge in [0.25, 0.3) is 5.91 Å². The number of cyclic esters (lactones) is 1. The topological polar surface area (TPSA) is 115 Å². The first-order chi connectivity index (χ1) is 14.9. The van der Waals surface area contributed by atoms with Crippen LogP contribution in [0.3, 0.4) is 0 Å². The van der Waals surface area contributed by atoms with Gasteiger partial charge in [0.1, 0.15) is 11.9 Å². The van der Waals surface area contributed by atoms with Crippen molar-refractivity contribution in [2.75, 3.05) is 0 Å². The lowest BCUT2D eigenvalue weighted by atomic mass is 9.99. The van der Waals surface area contributed by atoms with E-state index in [1.807, 2.05) is 41.1 Å². The first-order valence-electron chi connectivity index (χ1n) is 10.2. The summed E-state index contributed by atoms with van der Waals surface area (Å²) in [5.41, 5.74) is 8.93. The predicted octanol–water partition coefficient (Wildman–Crippen LogP) is 3.08. The molecule has 2 atom stereocenters. The Kier molecular flexibility index (Phi) is 5.77. The molecule has 31 heavy (non-hydrogen) atoms. The maximum Gasteiger partial charge on any atom is 0.308 e. The number of carbonyl (C=O) groups is 2. The standard InChI is InChI=1S/C24H24N2O5/c25-24(30)22-20(15-5-2-1-3-6-15)14-26(23(22)16-7-4-8-17(27)11-16)10-9-19-12-18(28)13-21(29)31-19/h1-8,11,14,18-19,27-28H,9-10,12-13H2,(H2,25,30). The lowest BCUT2D eigenvalue weighted by Crippen LogP contribution is -2.33. The number of aryl methyl sites for hydroxylation is 1. The van der Waals surface area contributed by atoms with Crippen molar-refractivity contribution in [3.8, 4) is 28.1 Å². The van der Waals surface area contributed by atoms with Crippen LogP contribution in [0.1, 0.15) is 29.6 Å². The van der Waals surface area contributed by atoms with Gasteiger partial charge in [-0.2, -0.15) is 0 Å². The third-order valence-corrected chi connectivity index (χ3v) is 5.46. The average molecular weight is 420 g/mol. The number of aliphatic hydroxyl groups is 1. The Balaban J connectivity index is 1.77. The minimum Gasteiger partial charge on any atom is -0.508 e. The molecule has 1 fully saturated rings. The summed E-state index contributed by atoms with van der Waals surface area (Å²) < 4.78 is 7.26. The molecule has 1 aromatic heterocycles. The van der Waals surface area contributed by atoms with Gasteiger partial charge >= 0.3 is 5.97 Å². The largest absolute Gasteiger partial charge is 0.508 e. The summed E-state index contributed by atoms with van der Waals surface area (Å²) in [6.45, 7) is 0.433. The average Bonchev–Trinajstić information content (AvgIpc) is 3.12. The SMILES string of the molecule is NC(=O)c1c(-c2ccccc2)cn(CCC2CC(O)CC(=O)O2)c1-c1cccc(O)c1. The molecule has 4 rings (SSSR count). The van der Waals surface area contributed by atoms with E-state index in [0.29, 0.717) is 41.8 Å². The van der Waals surface area contributed by atoms with Gasteiger partial charge in [-0.25, -0.2) is 0 Å². The maximum atomic E-state index is 12.5. The Morgan fingerprint density at radius 3 is 2.55 bits per heavy atom. The van der Waals surface area contributed by atoms with Crippen molar-refractivity contribution in [1.82, 2.24) is 4.57 Å². The molecule has 0 aliphatic carbocycles. The molecule has 3 aromatic rings. The number of carbonyl (C=O) groups excluding carboxylic acids is 2. The number of nitrogens with two attached hydrogens (primary N) is 1. The van der Waals surface area contributed by atoms with Crippen LogP contribution in [0, 0.1) is 0 Å². The molecule has 1 aliphatic rings. The quantitative estimate of drug-likeness (QED) is 0.530. The Hall–Kier alpha value is -3.58. The number of benzene rings is 2. The first kappa shape index (κ1) is 20.7. The van der Waals surface area contributed by atoms with Gasteiger partial charge in [-0.05, 0) is 17.7 Å². The van der Waals surface area contributed by atoms with Gasteiger partial charge in [-0.3, -0.25) is 9.59 Å². The van der Waals surface area contributed by atoms with E-state index in [0.717, 1.165) is 5.56 Å². The summed E-state index contributed by atoms with van der Waals surface area (Å²) >= 11 is 0. The second-order valence-corrected chi connectivity index (χ2v) is 7.73. The van der Waals surface area contributed by atoms with E-state index < -0.39 is 24.1 Å². The molecule has 0 radical (unpaired) electrons. The van der Waals surface area contributed by atoms with Gasteiger partial charge in [0, 0.05) is 36.7 Å². The number of amides is 1. The van der Waals surface area contributed by atoms with Crippen LogP contribution in [0.15, 0.2) is 60.8 Å². The second-order valence-electron chi connectivity index (χ2n) is 7.73. The van der Waals surface area contributed by atoms with Crippen LogP contribution >= 0.6 is 0 Å². The number of hydrogen-bond donors (Lipinski definition) is 3. The van der Waals surface area contributed by atoms with Gasteiger partial charge in [0.2, 0.25) is 0 Å². The van der Waals surface area contributed by atoms with E-state index in [1.165, 1.54) is 0 Å². The maximum absolute atomic E-state index is 12.5. The lowest BCUT2D eigenvalue weighted by molar-refractivity contribution is -0.160. The molecule has 1 aliphatic heterocycles. The van der Waals surface area contributed by atoms with Gasteiger partial charge < -0.3 is 25.3 Å². The molecular formula is C24H24N2O5. The number of primary amides is 1. The summed E-state index contributed by atoms with van der Waals surface area (Å²) in [5.74, 6) is -0.908. The van der Waals surface area contributed by atoms with Crippen molar-refractivity contribution in [3.05, 3.63) is 66.4 Å². The zero-order valence-electron chi connectivity index (χ0n) is 16.9. The monoisotopic (exact) mass is 420 g/mol. The molecule has 2 unspecified atom stereocenters. The van der Waals surface area contributed by atoms with Crippen LogP contribution in [0.2, 0.25) is 0 Å². The van der Waals surface area contributed by atoms with Crippen molar-refractivity contribution in [1.29, 1.82) is 0 Å².